The number of halogens is 1. The van der Waals surface area contributed by atoms with Gasteiger partial charge in [0.2, 0.25) is 0 Å². The normalized spacial score (nSPS) is 18.7. The average Bonchev–Trinajstić information content (AvgIpc) is 2.42. The summed E-state index contributed by atoms with van der Waals surface area (Å²) in [6.07, 6.45) is 5.99. The highest BCUT2D eigenvalue weighted by Crippen LogP contribution is 2.36. The summed E-state index contributed by atoms with van der Waals surface area (Å²) in [5, 5.41) is 9.72. The third kappa shape index (κ3) is 4.02. The Balaban J connectivity index is 1.92. The maximum Gasteiger partial charge on any atom is 0.123 e. The molecule has 0 aromatic heterocycles. The van der Waals surface area contributed by atoms with Crippen molar-refractivity contribution in [3.63, 3.8) is 0 Å². The average molecular weight is 265 g/mol. The minimum atomic E-state index is -0.189. The first-order chi connectivity index (χ1) is 9.13. The van der Waals surface area contributed by atoms with Crippen LogP contribution in [0.25, 0.3) is 0 Å². The van der Waals surface area contributed by atoms with E-state index in [0.29, 0.717) is 0 Å². The summed E-state index contributed by atoms with van der Waals surface area (Å²) in [6.45, 7) is 2.00. The molecule has 0 aliphatic heterocycles. The van der Waals surface area contributed by atoms with E-state index in [2.05, 4.69) is 11.9 Å². The Labute approximate surface area is 115 Å². The van der Waals surface area contributed by atoms with Crippen molar-refractivity contribution in [2.24, 2.45) is 5.41 Å². The first kappa shape index (κ1) is 14.5. The number of aliphatic hydroxyl groups is 1. The van der Waals surface area contributed by atoms with E-state index in [4.69, 9.17) is 0 Å². The van der Waals surface area contributed by atoms with Crippen LogP contribution in [0.1, 0.15) is 37.7 Å². The molecule has 0 spiro atoms. The van der Waals surface area contributed by atoms with Gasteiger partial charge in [-0.05, 0) is 37.6 Å². The summed E-state index contributed by atoms with van der Waals surface area (Å²) in [7, 11) is 2.08. The van der Waals surface area contributed by atoms with Gasteiger partial charge in [0.1, 0.15) is 5.82 Å². The molecule has 1 aromatic carbocycles. The first-order valence-corrected chi connectivity index (χ1v) is 7.17. The van der Waals surface area contributed by atoms with Crippen LogP contribution in [0.3, 0.4) is 0 Å². The second-order valence-electron chi connectivity index (χ2n) is 6.02. The Hall–Kier alpha value is -0.930. The Morgan fingerprint density at radius 1 is 1.16 bits per heavy atom. The van der Waals surface area contributed by atoms with E-state index >= 15 is 0 Å². The highest BCUT2D eigenvalue weighted by Gasteiger charge is 2.32. The predicted octanol–water partition coefficient (Wildman–Crippen LogP) is 3.20. The summed E-state index contributed by atoms with van der Waals surface area (Å²) >= 11 is 0. The molecule has 1 aliphatic rings. The van der Waals surface area contributed by atoms with Gasteiger partial charge in [0.15, 0.2) is 0 Å². The molecule has 1 saturated carbocycles. The van der Waals surface area contributed by atoms with Gasteiger partial charge >= 0.3 is 0 Å². The maximum absolute atomic E-state index is 12.9. The van der Waals surface area contributed by atoms with Gasteiger partial charge in [-0.3, -0.25) is 0 Å². The van der Waals surface area contributed by atoms with Gasteiger partial charge in [0, 0.05) is 25.1 Å². The molecule has 0 radical (unpaired) electrons. The molecule has 106 valence electrons. The minimum absolute atomic E-state index is 0.0764. The van der Waals surface area contributed by atoms with Gasteiger partial charge in [-0.25, -0.2) is 4.39 Å². The molecule has 1 fully saturated rings. The third-order valence-corrected chi connectivity index (χ3v) is 4.22. The van der Waals surface area contributed by atoms with Crippen molar-refractivity contribution in [2.75, 3.05) is 20.2 Å². The van der Waals surface area contributed by atoms with Gasteiger partial charge in [-0.1, -0.05) is 31.4 Å². The van der Waals surface area contributed by atoms with Crippen molar-refractivity contribution in [3.05, 3.63) is 35.6 Å². The number of aliphatic hydroxyl groups excluding tert-OH is 1. The van der Waals surface area contributed by atoms with Crippen molar-refractivity contribution < 1.29 is 9.50 Å². The molecule has 1 aromatic rings. The lowest BCUT2D eigenvalue weighted by Gasteiger charge is -2.38. The van der Waals surface area contributed by atoms with Gasteiger partial charge in [-0.2, -0.15) is 0 Å². The summed E-state index contributed by atoms with van der Waals surface area (Å²) < 4.78 is 12.9. The third-order valence-electron chi connectivity index (χ3n) is 4.22. The molecule has 0 unspecified atom stereocenters. The lowest BCUT2D eigenvalue weighted by molar-refractivity contribution is 0.0464. The number of hydrogen-bond donors (Lipinski definition) is 1. The monoisotopic (exact) mass is 265 g/mol. The molecule has 2 nitrogen and oxygen atoms in total. The number of benzene rings is 1. The minimum Gasteiger partial charge on any atom is -0.396 e. The summed E-state index contributed by atoms with van der Waals surface area (Å²) in [5.41, 5.74) is 1.19. The SMILES string of the molecule is CN(Cc1ccc(F)cc1)CC1(CO)CCCCC1. The molecule has 0 heterocycles. The van der Waals surface area contributed by atoms with Gasteiger partial charge in [0.05, 0.1) is 0 Å². The van der Waals surface area contributed by atoms with Gasteiger partial charge in [0.25, 0.3) is 0 Å². The van der Waals surface area contributed by atoms with Crippen molar-refractivity contribution in [3.8, 4) is 0 Å². The molecule has 0 atom stereocenters. The maximum atomic E-state index is 12.9. The van der Waals surface area contributed by atoms with Crippen molar-refractivity contribution in [1.82, 2.24) is 4.90 Å². The molecular weight excluding hydrogens is 241 g/mol. The summed E-state index contributed by atoms with van der Waals surface area (Å²) in [5.74, 6) is -0.189. The Morgan fingerprint density at radius 2 is 1.79 bits per heavy atom. The van der Waals surface area contributed by atoms with E-state index in [0.717, 1.165) is 31.5 Å². The lowest BCUT2D eigenvalue weighted by atomic mass is 9.74. The van der Waals surface area contributed by atoms with Crippen LogP contribution in [0.4, 0.5) is 4.39 Å². The highest BCUT2D eigenvalue weighted by atomic mass is 19.1. The van der Waals surface area contributed by atoms with Crippen molar-refractivity contribution in [2.45, 2.75) is 38.6 Å². The smallest absolute Gasteiger partial charge is 0.123 e. The second kappa shape index (κ2) is 6.49. The fourth-order valence-electron chi connectivity index (χ4n) is 3.20. The number of nitrogens with zero attached hydrogens (tertiary/aromatic N) is 1. The van der Waals surface area contributed by atoms with Crippen LogP contribution < -0.4 is 0 Å². The topological polar surface area (TPSA) is 23.5 Å². The zero-order chi connectivity index (χ0) is 13.7. The van der Waals surface area contributed by atoms with Crippen LogP contribution in [0.5, 0.6) is 0 Å². The quantitative estimate of drug-likeness (QED) is 0.883. The molecule has 0 amide bonds. The van der Waals surface area contributed by atoms with Gasteiger partial charge in [-0.15, -0.1) is 0 Å². The van der Waals surface area contributed by atoms with E-state index < -0.39 is 0 Å². The summed E-state index contributed by atoms with van der Waals surface area (Å²) in [4.78, 5) is 2.24. The van der Waals surface area contributed by atoms with Crippen molar-refractivity contribution in [1.29, 1.82) is 0 Å². The fourth-order valence-corrected chi connectivity index (χ4v) is 3.20. The largest absolute Gasteiger partial charge is 0.396 e. The van der Waals surface area contributed by atoms with Crippen LogP contribution in [0, 0.1) is 11.2 Å². The van der Waals surface area contributed by atoms with E-state index in [9.17, 15) is 9.50 Å². The first-order valence-electron chi connectivity index (χ1n) is 7.17. The molecule has 0 saturated heterocycles. The van der Waals surface area contributed by atoms with Crippen molar-refractivity contribution >= 4 is 0 Å². The van der Waals surface area contributed by atoms with Gasteiger partial charge < -0.3 is 10.0 Å². The van der Waals surface area contributed by atoms with Crippen LogP contribution in [-0.2, 0) is 6.54 Å². The second-order valence-corrected chi connectivity index (χ2v) is 6.02. The molecular formula is C16H24FNO. The van der Waals surface area contributed by atoms with Crippen LogP contribution in [0.15, 0.2) is 24.3 Å². The fraction of sp³-hybridized carbons (Fsp3) is 0.625. The van der Waals surface area contributed by atoms with E-state index in [1.807, 2.05) is 12.1 Å². The predicted molar refractivity (Wildman–Crippen MR) is 75.3 cm³/mol. The van der Waals surface area contributed by atoms with E-state index in [1.54, 1.807) is 0 Å². The molecule has 1 N–H and O–H groups in total. The zero-order valence-corrected chi connectivity index (χ0v) is 11.7. The molecule has 0 bridgehead atoms. The summed E-state index contributed by atoms with van der Waals surface area (Å²) in [6, 6.07) is 6.67. The molecule has 1 aliphatic carbocycles. The van der Waals surface area contributed by atoms with Crippen LogP contribution in [-0.4, -0.2) is 30.2 Å². The van der Waals surface area contributed by atoms with Crippen LogP contribution in [0.2, 0.25) is 0 Å². The molecule has 19 heavy (non-hydrogen) atoms. The Bertz CT molecular complexity index is 384. The number of rotatable bonds is 5. The molecule has 2 rings (SSSR count). The Kier molecular flexibility index (Phi) is 4.94. The molecule has 3 heteroatoms. The Morgan fingerprint density at radius 3 is 2.37 bits per heavy atom. The number of hydrogen-bond acceptors (Lipinski definition) is 2. The van der Waals surface area contributed by atoms with Crippen LogP contribution >= 0.6 is 0 Å². The highest BCUT2D eigenvalue weighted by molar-refractivity contribution is 5.15. The van der Waals surface area contributed by atoms with E-state index in [1.165, 1.54) is 31.4 Å². The zero-order valence-electron chi connectivity index (χ0n) is 11.7. The van der Waals surface area contributed by atoms with E-state index in [-0.39, 0.29) is 17.8 Å². The standard InChI is InChI=1S/C16H24FNO/c1-18(11-14-5-7-15(17)8-6-14)12-16(13-19)9-3-2-4-10-16/h5-8,19H,2-4,9-13H2,1H3. The lowest BCUT2D eigenvalue weighted by Crippen LogP contribution is -2.39.